The minimum absolute atomic E-state index is 0.0549. The summed E-state index contributed by atoms with van der Waals surface area (Å²) in [5.74, 6) is -4.99. The molecule has 2 N–H and O–H groups in total. The Morgan fingerprint density at radius 2 is 1.95 bits per heavy atom. The first kappa shape index (κ1) is 28.7. The van der Waals surface area contributed by atoms with Crippen molar-refractivity contribution < 1.29 is 36.6 Å². The molecule has 42 heavy (non-hydrogen) atoms. The fourth-order valence-corrected chi connectivity index (χ4v) is 5.25. The van der Waals surface area contributed by atoms with E-state index in [1.807, 2.05) is 6.07 Å². The van der Waals surface area contributed by atoms with Crippen molar-refractivity contribution in [2.24, 2.45) is 0 Å². The lowest BCUT2D eigenvalue weighted by atomic mass is 9.90. The summed E-state index contributed by atoms with van der Waals surface area (Å²) < 4.78 is 69.1. The number of halogens is 5. The van der Waals surface area contributed by atoms with Crippen LogP contribution in [0.2, 0.25) is 0 Å². The molecule has 0 saturated carbocycles. The summed E-state index contributed by atoms with van der Waals surface area (Å²) in [7, 11) is 0. The zero-order valence-corrected chi connectivity index (χ0v) is 22.0. The van der Waals surface area contributed by atoms with E-state index in [2.05, 4.69) is 10.3 Å². The summed E-state index contributed by atoms with van der Waals surface area (Å²) in [5, 5.41) is 25.4. The monoisotopic (exact) mass is 583 g/mol. The Morgan fingerprint density at radius 1 is 1.19 bits per heavy atom. The number of aromatic nitrogens is 1. The molecule has 2 aliphatic rings. The lowest BCUT2D eigenvalue weighted by Crippen LogP contribution is -2.60. The summed E-state index contributed by atoms with van der Waals surface area (Å²) in [6, 6.07) is 10.4. The second-order valence-electron chi connectivity index (χ2n) is 10.1. The second kappa shape index (κ2) is 10.5. The minimum Gasteiger partial charge on any atom is -0.509 e. The van der Waals surface area contributed by atoms with Crippen molar-refractivity contribution >= 4 is 17.5 Å². The molecular formula is C29H22F5N5O3. The highest BCUT2D eigenvalue weighted by molar-refractivity contribution is 6.24. The van der Waals surface area contributed by atoms with E-state index in [1.54, 1.807) is 6.92 Å². The zero-order valence-electron chi connectivity index (χ0n) is 22.0. The van der Waals surface area contributed by atoms with E-state index in [4.69, 9.17) is 0 Å². The van der Waals surface area contributed by atoms with E-state index >= 15 is 0 Å². The predicted octanol–water partition coefficient (Wildman–Crippen LogP) is 5.48. The Morgan fingerprint density at radius 3 is 2.67 bits per heavy atom. The smallest absolute Gasteiger partial charge is 0.416 e. The van der Waals surface area contributed by atoms with Gasteiger partial charge in [-0.2, -0.15) is 18.4 Å². The third-order valence-electron chi connectivity index (χ3n) is 7.43. The van der Waals surface area contributed by atoms with Crippen molar-refractivity contribution in [1.29, 1.82) is 5.26 Å². The highest BCUT2D eigenvalue weighted by Gasteiger charge is 2.52. The van der Waals surface area contributed by atoms with Crippen molar-refractivity contribution in [3.8, 4) is 17.3 Å². The largest absolute Gasteiger partial charge is 0.509 e. The number of carbonyl (C=O) groups is 2. The number of rotatable bonds is 5. The van der Waals surface area contributed by atoms with Gasteiger partial charge in [0.1, 0.15) is 11.3 Å². The Hall–Kier alpha value is -4.83. The molecule has 1 atom stereocenters. The van der Waals surface area contributed by atoms with Crippen molar-refractivity contribution in [3.63, 3.8) is 0 Å². The highest BCUT2D eigenvalue weighted by atomic mass is 19.4. The lowest BCUT2D eigenvalue weighted by Gasteiger charge is -2.46. The average molecular weight is 584 g/mol. The van der Waals surface area contributed by atoms with Crippen molar-refractivity contribution in [2.75, 3.05) is 11.9 Å². The fraction of sp³-hybridized carbons (Fsp3) is 0.241. The lowest BCUT2D eigenvalue weighted by molar-refractivity contribution is -0.160. The van der Waals surface area contributed by atoms with Gasteiger partial charge in [0, 0.05) is 23.9 Å². The SMILES string of the molecule is C[C@]12CCCN1N(Cc1cccc(F)c1F)C(=O)C(C(=O)Nc1ccc(C(F)(F)F)cc1-c1cc(C#N)ccn1)=C2O. The Bertz CT molecular complexity index is 1680. The standard InChI is InChI=1S/C29H22F5N5O3/c1-28-9-3-11-39(28)38(15-17-4-2-5-20(30)24(17)31)27(42)23(25(28)40)26(41)37-21-7-6-18(29(32,33)34)13-19(21)22-12-16(14-35)8-10-36-22/h2,4-8,10,12-13,40H,3,9,11,15H2,1H3,(H,37,41)/t28-/m1/s1. The molecular weight excluding hydrogens is 561 g/mol. The van der Waals surface area contributed by atoms with Crippen LogP contribution >= 0.6 is 0 Å². The molecule has 2 aliphatic heterocycles. The number of fused-ring (bicyclic) bond motifs is 1. The van der Waals surface area contributed by atoms with Gasteiger partial charge in [-0.15, -0.1) is 0 Å². The molecule has 0 aliphatic carbocycles. The molecule has 3 heterocycles. The van der Waals surface area contributed by atoms with Crippen LogP contribution in [0.1, 0.15) is 36.5 Å². The number of alkyl halides is 3. The van der Waals surface area contributed by atoms with Gasteiger partial charge < -0.3 is 10.4 Å². The summed E-state index contributed by atoms with van der Waals surface area (Å²) in [6.07, 6.45) is -2.69. The first-order valence-electron chi connectivity index (χ1n) is 12.7. The van der Waals surface area contributed by atoms with Crippen LogP contribution in [0.5, 0.6) is 0 Å². The Labute approximate surface area is 236 Å². The molecule has 8 nitrogen and oxygen atoms in total. The molecule has 0 unspecified atom stereocenters. The van der Waals surface area contributed by atoms with Crippen LogP contribution < -0.4 is 5.32 Å². The number of aliphatic hydroxyl groups is 1. The molecule has 0 spiro atoms. The van der Waals surface area contributed by atoms with Gasteiger partial charge in [-0.3, -0.25) is 19.6 Å². The van der Waals surface area contributed by atoms with E-state index in [0.717, 1.165) is 29.3 Å². The van der Waals surface area contributed by atoms with Crippen LogP contribution in [0.25, 0.3) is 11.3 Å². The summed E-state index contributed by atoms with van der Waals surface area (Å²) >= 11 is 0. The molecule has 0 radical (unpaired) electrons. The number of amides is 2. The number of nitriles is 1. The minimum atomic E-state index is -4.74. The zero-order chi connectivity index (χ0) is 30.4. The molecule has 5 rings (SSSR count). The quantitative estimate of drug-likeness (QED) is 0.304. The van der Waals surface area contributed by atoms with Crippen LogP contribution in [-0.4, -0.2) is 44.0 Å². The van der Waals surface area contributed by atoms with Gasteiger partial charge in [-0.05, 0) is 56.2 Å². The number of hydrogen-bond donors (Lipinski definition) is 2. The first-order chi connectivity index (χ1) is 19.8. The fourth-order valence-electron chi connectivity index (χ4n) is 5.25. The molecule has 216 valence electrons. The molecule has 2 amide bonds. The maximum Gasteiger partial charge on any atom is 0.416 e. The molecule has 1 fully saturated rings. The van der Waals surface area contributed by atoms with Crippen molar-refractivity contribution in [1.82, 2.24) is 15.0 Å². The van der Waals surface area contributed by atoms with Crippen LogP contribution in [-0.2, 0) is 22.3 Å². The highest BCUT2D eigenvalue weighted by Crippen LogP contribution is 2.42. The average Bonchev–Trinajstić information content (AvgIpc) is 3.36. The van der Waals surface area contributed by atoms with E-state index in [9.17, 15) is 41.9 Å². The summed E-state index contributed by atoms with van der Waals surface area (Å²) in [5.41, 5.74) is -3.46. The van der Waals surface area contributed by atoms with Gasteiger partial charge in [-0.25, -0.2) is 13.8 Å². The Kier molecular flexibility index (Phi) is 7.20. The van der Waals surface area contributed by atoms with Crippen LogP contribution in [0.3, 0.4) is 0 Å². The maximum absolute atomic E-state index is 14.5. The molecule has 3 aromatic rings. The molecule has 0 bridgehead atoms. The topological polar surface area (TPSA) is 110 Å². The molecule has 2 aromatic carbocycles. The van der Waals surface area contributed by atoms with Crippen LogP contribution in [0.15, 0.2) is 66.1 Å². The second-order valence-corrected chi connectivity index (χ2v) is 10.1. The molecule has 1 saturated heterocycles. The van der Waals surface area contributed by atoms with E-state index in [1.165, 1.54) is 35.5 Å². The number of nitrogens with one attached hydrogen (secondary N) is 1. The van der Waals surface area contributed by atoms with Crippen LogP contribution in [0, 0.1) is 23.0 Å². The van der Waals surface area contributed by atoms with Crippen molar-refractivity contribution in [2.45, 2.75) is 38.0 Å². The molecule has 13 heteroatoms. The normalized spacial score (nSPS) is 19.1. The summed E-state index contributed by atoms with van der Waals surface area (Å²) in [4.78, 5) is 31.3. The first-order valence-corrected chi connectivity index (χ1v) is 12.7. The van der Waals surface area contributed by atoms with E-state index in [-0.39, 0.29) is 34.6 Å². The van der Waals surface area contributed by atoms with E-state index < -0.39 is 58.6 Å². The van der Waals surface area contributed by atoms with Gasteiger partial charge in [-0.1, -0.05) is 12.1 Å². The summed E-state index contributed by atoms with van der Waals surface area (Å²) in [6.45, 7) is 1.42. The van der Waals surface area contributed by atoms with Gasteiger partial charge in [0.25, 0.3) is 11.8 Å². The Balaban J connectivity index is 1.56. The number of nitrogens with zero attached hydrogens (tertiary/aromatic N) is 4. The van der Waals surface area contributed by atoms with E-state index in [0.29, 0.717) is 12.8 Å². The number of hydrazine groups is 1. The van der Waals surface area contributed by atoms with Gasteiger partial charge >= 0.3 is 6.18 Å². The number of aliphatic hydroxyl groups excluding tert-OH is 1. The number of benzene rings is 2. The number of carbonyl (C=O) groups excluding carboxylic acids is 2. The van der Waals surface area contributed by atoms with Crippen molar-refractivity contribution in [3.05, 3.63) is 94.4 Å². The van der Waals surface area contributed by atoms with Gasteiger partial charge in [0.15, 0.2) is 11.6 Å². The number of pyridine rings is 1. The predicted molar refractivity (Wildman–Crippen MR) is 139 cm³/mol. The van der Waals surface area contributed by atoms with Crippen LogP contribution in [0.4, 0.5) is 27.6 Å². The maximum atomic E-state index is 14.5. The van der Waals surface area contributed by atoms with Gasteiger partial charge in [0.2, 0.25) is 0 Å². The third-order valence-corrected chi connectivity index (χ3v) is 7.43. The number of hydrogen-bond acceptors (Lipinski definition) is 6. The third kappa shape index (κ3) is 4.94. The van der Waals surface area contributed by atoms with Gasteiger partial charge in [0.05, 0.1) is 40.7 Å². The number of anilines is 1. The molecule has 1 aromatic heterocycles.